The largest absolute Gasteiger partial charge is 0.493 e. The highest BCUT2D eigenvalue weighted by Gasteiger charge is 2.25. The zero-order valence-electron chi connectivity index (χ0n) is 15.9. The van der Waals surface area contributed by atoms with E-state index >= 15 is 0 Å². The number of aromatic nitrogens is 1. The lowest BCUT2D eigenvalue weighted by atomic mass is 10.1. The van der Waals surface area contributed by atoms with E-state index in [0.717, 1.165) is 12.1 Å². The Morgan fingerprint density at radius 3 is 2.31 bits per heavy atom. The topological polar surface area (TPSA) is 147 Å². The number of carbonyl (C=O) groups excluding carboxylic acids is 1. The number of amides is 1. The van der Waals surface area contributed by atoms with Crippen LogP contribution in [-0.4, -0.2) is 53.4 Å². The first-order valence-corrected chi connectivity index (χ1v) is 8.75. The first-order valence-electron chi connectivity index (χ1n) is 8.75. The molecule has 0 aliphatic carbocycles. The molecule has 1 unspecified atom stereocenters. The van der Waals surface area contributed by atoms with Crippen LogP contribution in [0.15, 0.2) is 30.5 Å². The van der Waals surface area contributed by atoms with Crippen LogP contribution in [0.3, 0.4) is 0 Å². The summed E-state index contributed by atoms with van der Waals surface area (Å²) in [7, 11) is 1.56. The SMILES string of the molecule is CCC(NC(=O)c1ccc(OC)c2c1OCCO2)c1ccc[nH]1.O=C(O)C(=O)O. The maximum Gasteiger partial charge on any atom is 0.414 e. The van der Waals surface area contributed by atoms with Crippen molar-refractivity contribution in [3.05, 3.63) is 41.7 Å². The number of carboxylic acids is 2. The lowest BCUT2D eigenvalue weighted by Crippen LogP contribution is -2.29. The third kappa shape index (κ3) is 5.41. The van der Waals surface area contributed by atoms with Gasteiger partial charge in [-0.3, -0.25) is 4.79 Å². The monoisotopic (exact) mass is 406 g/mol. The summed E-state index contributed by atoms with van der Waals surface area (Å²) in [5.74, 6) is -2.36. The van der Waals surface area contributed by atoms with Gasteiger partial charge in [0.15, 0.2) is 11.5 Å². The number of nitrogens with one attached hydrogen (secondary N) is 2. The molecule has 0 radical (unpaired) electrons. The highest BCUT2D eigenvalue weighted by atomic mass is 16.6. The van der Waals surface area contributed by atoms with Crippen molar-refractivity contribution in [1.82, 2.24) is 10.3 Å². The van der Waals surface area contributed by atoms with Gasteiger partial charge in [0.1, 0.15) is 13.2 Å². The van der Waals surface area contributed by atoms with Crippen molar-refractivity contribution in [2.24, 2.45) is 0 Å². The second-order valence-corrected chi connectivity index (χ2v) is 5.84. The normalized spacial score (nSPS) is 12.8. The lowest BCUT2D eigenvalue weighted by molar-refractivity contribution is -0.159. The Morgan fingerprint density at radius 1 is 1.14 bits per heavy atom. The molecule has 4 N–H and O–H groups in total. The fraction of sp³-hybridized carbons (Fsp3) is 0.316. The average Bonchev–Trinajstić information content (AvgIpc) is 3.26. The maximum absolute atomic E-state index is 12.7. The average molecular weight is 406 g/mol. The molecule has 1 amide bonds. The summed E-state index contributed by atoms with van der Waals surface area (Å²) in [4.78, 5) is 34.0. The molecule has 0 bridgehead atoms. The van der Waals surface area contributed by atoms with Crippen LogP contribution in [0.1, 0.15) is 35.4 Å². The van der Waals surface area contributed by atoms with Gasteiger partial charge in [0.25, 0.3) is 5.91 Å². The van der Waals surface area contributed by atoms with Crippen molar-refractivity contribution in [1.29, 1.82) is 0 Å². The van der Waals surface area contributed by atoms with E-state index in [2.05, 4.69) is 10.3 Å². The van der Waals surface area contributed by atoms with Gasteiger partial charge in [-0.15, -0.1) is 0 Å². The number of hydrogen-bond donors (Lipinski definition) is 4. The number of H-pyrrole nitrogens is 1. The highest BCUT2D eigenvalue weighted by molar-refractivity contribution is 6.27. The maximum atomic E-state index is 12.7. The van der Waals surface area contributed by atoms with E-state index in [1.54, 1.807) is 19.2 Å². The van der Waals surface area contributed by atoms with Crippen LogP contribution >= 0.6 is 0 Å². The van der Waals surface area contributed by atoms with Crippen LogP contribution in [0.4, 0.5) is 0 Å². The zero-order chi connectivity index (χ0) is 21.4. The molecule has 1 aliphatic heterocycles. The van der Waals surface area contributed by atoms with Crippen LogP contribution in [0, 0.1) is 0 Å². The van der Waals surface area contributed by atoms with Gasteiger partial charge in [-0.1, -0.05) is 6.92 Å². The third-order valence-electron chi connectivity index (χ3n) is 4.01. The third-order valence-corrected chi connectivity index (χ3v) is 4.01. The van der Waals surface area contributed by atoms with Crippen molar-refractivity contribution in [2.45, 2.75) is 19.4 Å². The van der Waals surface area contributed by atoms with Gasteiger partial charge in [-0.2, -0.15) is 0 Å². The van der Waals surface area contributed by atoms with E-state index in [9.17, 15) is 4.79 Å². The number of rotatable bonds is 5. The van der Waals surface area contributed by atoms with E-state index < -0.39 is 11.9 Å². The standard InChI is InChI=1S/C17H20N2O4.C2H2O4/c1-3-12(13-5-4-8-18-13)19-17(20)11-6-7-14(21-2)16-15(11)22-9-10-23-16;3-1(4)2(5)6/h4-8,12,18H,3,9-10H2,1-2H3,(H,19,20);(H,3,4)(H,5,6). The molecular weight excluding hydrogens is 384 g/mol. The van der Waals surface area contributed by atoms with Crippen LogP contribution < -0.4 is 19.5 Å². The minimum Gasteiger partial charge on any atom is -0.493 e. The molecular formula is C19H22N2O8. The Kier molecular flexibility index (Phi) is 7.47. The summed E-state index contributed by atoms with van der Waals surface area (Å²) in [6, 6.07) is 7.20. The number of benzene rings is 1. The Balaban J connectivity index is 0.000000438. The van der Waals surface area contributed by atoms with Gasteiger partial charge in [-0.25, -0.2) is 9.59 Å². The summed E-state index contributed by atoms with van der Waals surface area (Å²) in [6.07, 6.45) is 2.62. The van der Waals surface area contributed by atoms with E-state index in [1.165, 1.54) is 0 Å². The molecule has 1 aromatic heterocycles. The molecule has 156 valence electrons. The number of carbonyl (C=O) groups is 3. The van der Waals surface area contributed by atoms with E-state index in [1.807, 2.05) is 25.3 Å². The van der Waals surface area contributed by atoms with Crippen molar-refractivity contribution in [2.75, 3.05) is 20.3 Å². The van der Waals surface area contributed by atoms with Gasteiger partial charge in [0, 0.05) is 11.9 Å². The molecule has 0 fully saturated rings. The summed E-state index contributed by atoms with van der Waals surface area (Å²) < 4.78 is 16.5. The van der Waals surface area contributed by atoms with E-state index in [4.69, 9.17) is 34.0 Å². The first-order chi connectivity index (χ1) is 13.9. The predicted octanol–water partition coefficient (Wildman–Crippen LogP) is 1.83. The Hall–Kier alpha value is -3.69. The fourth-order valence-corrected chi connectivity index (χ4v) is 2.65. The summed E-state index contributed by atoms with van der Waals surface area (Å²) >= 11 is 0. The second kappa shape index (κ2) is 10.0. The molecule has 0 saturated carbocycles. The molecule has 29 heavy (non-hydrogen) atoms. The Bertz CT molecular complexity index is 851. The van der Waals surface area contributed by atoms with Crippen molar-refractivity contribution in [3.63, 3.8) is 0 Å². The van der Waals surface area contributed by atoms with Gasteiger partial charge < -0.3 is 34.7 Å². The summed E-state index contributed by atoms with van der Waals surface area (Å²) in [5, 5.41) is 17.8. The number of methoxy groups -OCH3 is 1. The molecule has 2 heterocycles. The molecule has 1 aliphatic rings. The summed E-state index contributed by atoms with van der Waals surface area (Å²) in [6.45, 7) is 2.87. The van der Waals surface area contributed by atoms with Crippen LogP contribution in [0.25, 0.3) is 0 Å². The second-order valence-electron chi connectivity index (χ2n) is 5.84. The number of hydrogen-bond acceptors (Lipinski definition) is 6. The molecule has 1 aromatic carbocycles. The lowest BCUT2D eigenvalue weighted by Gasteiger charge is -2.23. The predicted molar refractivity (Wildman–Crippen MR) is 101 cm³/mol. The van der Waals surface area contributed by atoms with Crippen molar-refractivity contribution < 1.29 is 38.8 Å². The van der Waals surface area contributed by atoms with Gasteiger partial charge in [0.05, 0.1) is 18.7 Å². The number of carboxylic acid groups (broad SMARTS) is 2. The molecule has 10 nitrogen and oxygen atoms in total. The first kappa shape index (κ1) is 21.6. The fourth-order valence-electron chi connectivity index (χ4n) is 2.65. The molecule has 1 atom stereocenters. The van der Waals surface area contributed by atoms with Crippen LogP contribution in [0.5, 0.6) is 17.2 Å². The molecule has 3 rings (SSSR count). The van der Waals surface area contributed by atoms with Crippen LogP contribution in [0.2, 0.25) is 0 Å². The van der Waals surface area contributed by atoms with Gasteiger partial charge in [0.2, 0.25) is 5.75 Å². The molecule has 0 spiro atoms. The zero-order valence-corrected chi connectivity index (χ0v) is 15.9. The van der Waals surface area contributed by atoms with E-state index in [0.29, 0.717) is 36.0 Å². The number of ether oxygens (including phenoxy) is 3. The van der Waals surface area contributed by atoms with E-state index in [-0.39, 0.29) is 11.9 Å². The smallest absolute Gasteiger partial charge is 0.414 e. The molecule has 10 heteroatoms. The van der Waals surface area contributed by atoms with Gasteiger partial charge in [-0.05, 0) is 30.7 Å². The summed E-state index contributed by atoms with van der Waals surface area (Å²) in [5.41, 5.74) is 1.42. The number of fused-ring (bicyclic) bond motifs is 1. The van der Waals surface area contributed by atoms with Gasteiger partial charge >= 0.3 is 11.9 Å². The van der Waals surface area contributed by atoms with Crippen molar-refractivity contribution in [3.8, 4) is 17.2 Å². The minimum absolute atomic E-state index is 0.0836. The number of aromatic amines is 1. The highest BCUT2D eigenvalue weighted by Crippen LogP contribution is 2.42. The molecule has 0 saturated heterocycles. The quantitative estimate of drug-likeness (QED) is 0.550. The molecule has 2 aromatic rings. The number of aliphatic carboxylic acids is 2. The minimum atomic E-state index is -1.82. The Labute approximate surface area is 166 Å². The van der Waals surface area contributed by atoms with Crippen molar-refractivity contribution >= 4 is 17.8 Å². The van der Waals surface area contributed by atoms with Crippen LogP contribution in [-0.2, 0) is 9.59 Å². The Morgan fingerprint density at radius 2 is 1.79 bits per heavy atom.